The predicted octanol–water partition coefficient (Wildman–Crippen LogP) is 1.26. The van der Waals surface area contributed by atoms with Gasteiger partial charge >= 0.3 is 0 Å². The van der Waals surface area contributed by atoms with E-state index >= 15 is 0 Å². The lowest BCUT2D eigenvalue weighted by Gasteiger charge is -2.31. The van der Waals surface area contributed by atoms with Gasteiger partial charge in [0.15, 0.2) is 0 Å². The second-order valence-electron chi connectivity index (χ2n) is 5.34. The molecule has 2 N–H and O–H groups in total. The summed E-state index contributed by atoms with van der Waals surface area (Å²) in [6.07, 6.45) is 1.79. The largest absolute Gasteiger partial charge is 0.358 e. The van der Waals surface area contributed by atoms with Crippen molar-refractivity contribution in [3.05, 3.63) is 35.4 Å². The topological polar surface area (TPSA) is 44.4 Å². The van der Waals surface area contributed by atoms with E-state index in [4.69, 9.17) is 0 Å². The molecule has 21 heavy (non-hydrogen) atoms. The summed E-state index contributed by atoms with van der Waals surface area (Å²) in [5.74, 6) is -0.794. The molecule has 2 rings (SSSR count). The van der Waals surface area contributed by atoms with E-state index in [0.717, 1.165) is 38.1 Å². The summed E-state index contributed by atoms with van der Waals surface area (Å²) in [6.45, 7) is 2.40. The molecule has 0 bridgehead atoms. The number of amides is 1. The van der Waals surface area contributed by atoms with Gasteiger partial charge in [0, 0.05) is 38.3 Å². The molecule has 0 aliphatic carbocycles. The monoisotopic (exact) mass is 297 g/mol. The van der Waals surface area contributed by atoms with Gasteiger partial charge < -0.3 is 10.6 Å². The quantitative estimate of drug-likeness (QED) is 0.860. The zero-order chi connectivity index (χ0) is 15.2. The number of rotatable bonds is 5. The number of benzene rings is 1. The molecule has 0 aromatic heterocycles. The first-order valence-corrected chi connectivity index (χ1v) is 7.18. The molecule has 1 aromatic rings. The van der Waals surface area contributed by atoms with E-state index in [9.17, 15) is 13.6 Å². The standard InChI is InChI=1S/C15H21F2N3O/c1-18-15(21)10-20-6-4-13(5-7-20)19-9-11-8-12(16)2-3-14(11)17/h2-3,8,13,19H,4-7,9-10H2,1H3,(H,18,21). The summed E-state index contributed by atoms with van der Waals surface area (Å²) in [6, 6.07) is 3.77. The molecule has 6 heteroatoms. The molecule has 0 spiro atoms. The van der Waals surface area contributed by atoms with Crippen molar-refractivity contribution >= 4 is 5.91 Å². The van der Waals surface area contributed by atoms with Gasteiger partial charge in [0.25, 0.3) is 0 Å². The van der Waals surface area contributed by atoms with Gasteiger partial charge in [-0.05, 0) is 31.0 Å². The van der Waals surface area contributed by atoms with Crippen LogP contribution in [0.15, 0.2) is 18.2 Å². The molecule has 0 saturated carbocycles. The van der Waals surface area contributed by atoms with Crippen molar-refractivity contribution in [2.45, 2.75) is 25.4 Å². The van der Waals surface area contributed by atoms with Crippen molar-refractivity contribution in [1.82, 2.24) is 15.5 Å². The van der Waals surface area contributed by atoms with Crippen LogP contribution in [0.2, 0.25) is 0 Å². The maximum absolute atomic E-state index is 13.5. The number of nitrogens with zero attached hydrogens (tertiary/aromatic N) is 1. The van der Waals surface area contributed by atoms with Gasteiger partial charge in [-0.3, -0.25) is 9.69 Å². The SMILES string of the molecule is CNC(=O)CN1CCC(NCc2cc(F)ccc2F)CC1. The molecular weight excluding hydrogens is 276 g/mol. The highest BCUT2D eigenvalue weighted by Gasteiger charge is 2.20. The molecule has 0 radical (unpaired) electrons. The number of hydrogen-bond acceptors (Lipinski definition) is 3. The van der Waals surface area contributed by atoms with Gasteiger partial charge in [0.05, 0.1) is 6.54 Å². The number of nitrogens with one attached hydrogen (secondary N) is 2. The average Bonchev–Trinajstić information content (AvgIpc) is 2.49. The van der Waals surface area contributed by atoms with E-state index in [1.54, 1.807) is 7.05 Å². The van der Waals surface area contributed by atoms with E-state index < -0.39 is 5.82 Å². The highest BCUT2D eigenvalue weighted by Crippen LogP contribution is 2.13. The van der Waals surface area contributed by atoms with Crippen molar-refractivity contribution in [3.63, 3.8) is 0 Å². The van der Waals surface area contributed by atoms with Gasteiger partial charge in [-0.15, -0.1) is 0 Å². The Hall–Kier alpha value is -1.53. The van der Waals surface area contributed by atoms with Gasteiger partial charge in [0.1, 0.15) is 11.6 Å². The zero-order valence-corrected chi connectivity index (χ0v) is 12.2. The van der Waals surface area contributed by atoms with E-state index in [-0.39, 0.29) is 17.8 Å². The van der Waals surface area contributed by atoms with Crippen LogP contribution in [0.5, 0.6) is 0 Å². The highest BCUT2D eigenvalue weighted by atomic mass is 19.1. The van der Waals surface area contributed by atoms with E-state index in [2.05, 4.69) is 15.5 Å². The van der Waals surface area contributed by atoms with Gasteiger partial charge in [-0.2, -0.15) is 0 Å². The molecule has 1 aliphatic heterocycles. The zero-order valence-electron chi connectivity index (χ0n) is 12.2. The normalized spacial score (nSPS) is 16.9. The van der Waals surface area contributed by atoms with Crippen LogP contribution < -0.4 is 10.6 Å². The fourth-order valence-electron chi connectivity index (χ4n) is 2.51. The first-order chi connectivity index (χ1) is 10.1. The Labute approximate surface area is 123 Å². The molecule has 1 aliphatic rings. The summed E-state index contributed by atoms with van der Waals surface area (Å²) < 4.78 is 26.6. The smallest absolute Gasteiger partial charge is 0.233 e. The molecule has 1 amide bonds. The number of piperidine rings is 1. The fourth-order valence-corrected chi connectivity index (χ4v) is 2.51. The van der Waals surface area contributed by atoms with Crippen molar-refractivity contribution in [2.75, 3.05) is 26.7 Å². The Balaban J connectivity index is 1.76. The Bertz CT molecular complexity index is 488. The molecule has 1 heterocycles. The van der Waals surface area contributed by atoms with E-state index in [1.165, 1.54) is 6.07 Å². The molecule has 1 saturated heterocycles. The number of carbonyl (C=O) groups excluding carboxylic acids is 1. The second-order valence-corrected chi connectivity index (χ2v) is 5.34. The van der Waals surface area contributed by atoms with Crippen LogP contribution in [0.25, 0.3) is 0 Å². The van der Waals surface area contributed by atoms with Crippen molar-refractivity contribution in [1.29, 1.82) is 0 Å². The van der Waals surface area contributed by atoms with Gasteiger partial charge in [-0.25, -0.2) is 8.78 Å². The van der Waals surface area contributed by atoms with Crippen LogP contribution in [-0.4, -0.2) is 43.5 Å². The van der Waals surface area contributed by atoms with Gasteiger partial charge in [0.2, 0.25) is 5.91 Å². The minimum atomic E-state index is -0.423. The maximum Gasteiger partial charge on any atom is 0.233 e. The molecule has 116 valence electrons. The van der Waals surface area contributed by atoms with Crippen molar-refractivity contribution in [2.24, 2.45) is 0 Å². The summed E-state index contributed by atoms with van der Waals surface area (Å²) in [7, 11) is 1.63. The van der Waals surface area contributed by atoms with Crippen molar-refractivity contribution < 1.29 is 13.6 Å². The lowest BCUT2D eigenvalue weighted by molar-refractivity contribution is -0.122. The number of carbonyl (C=O) groups is 1. The minimum absolute atomic E-state index is 0.0169. The van der Waals surface area contributed by atoms with Crippen LogP contribution in [-0.2, 0) is 11.3 Å². The Kier molecular flexibility index (Phi) is 5.64. The Morgan fingerprint density at radius 1 is 1.33 bits per heavy atom. The minimum Gasteiger partial charge on any atom is -0.358 e. The van der Waals surface area contributed by atoms with Crippen LogP contribution >= 0.6 is 0 Å². The van der Waals surface area contributed by atoms with Crippen LogP contribution in [0.4, 0.5) is 8.78 Å². The molecule has 0 unspecified atom stereocenters. The Morgan fingerprint density at radius 2 is 2.05 bits per heavy atom. The predicted molar refractivity (Wildman–Crippen MR) is 76.7 cm³/mol. The summed E-state index contributed by atoms with van der Waals surface area (Å²) in [5, 5.41) is 5.87. The molecule has 1 aromatic carbocycles. The highest BCUT2D eigenvalue weighted by molar-refractivity contribution is 5.77. The third-order valence-electron chi connectivity index (χ3n) is 3.82. The lowest BCUT2D eigenvalue weighted by Crippen LogP contribution is -2.45. The first kappa shape index (κ1) is 15.9. The van der Waals surface area contributed by atoms with Crippen LogP contribution in [0, 0.1) is 11.6 Å². The summed E-state index contributed by atoms with van der Waals surface area (Å²) >= 11 is 0. The van der Waals surface area contributed by atoms with E-state index in [1.807, 2.05) is 0 Å². The first-order valence-electron chi connectivity index (χ1n) is 7.18. The Morgan fingerprint density at radius 3 is 2.71 bits per heavy atom. The lowest BCUT2D eigenvalue weighted by atomic mass is 10.0. The molecule has 1 fully saturated rings. The fraction of sp³-hybridized carbons (Fsp3) is 0.533. The molecule has 4 nitrogen and oxygen atoms in total. The maximum atomic E-state index is 13.5. The molecular formula is C15H21F2N3O. The average molecular weight is 297 g/mol. The number of likely N-dealkylation sites (N-methyl/N-ethyl adjacent to an activating group) is 1. The number of halogens is 2. The number of hydrogen-bond donors (Lipinski definition) is 2. The third kappa shape index (κ3) is 4.75. The van der Waals surface area contributed by atoms with Gasteiger partial charge in [-0.1, -0.05) is 0 Å². The molecule has 0 atom stereocenters. The van der Waals surface area contributed by atoms with Crippen LogP contribution in [0.1, 0.15) is 18.4 Å². The third-order valence-corrected chi connectivity index (χ3v) is 3.82. The van der Waals surface area contributed by atoms with Crippen LogP contribution in [0.3, 0.4) is 0 Å². The number of likely N-dealkylation sites (tertiary alicyclic amines) is 1. The van der Waals surface area contributed by atoms with Crippen molar-refractivity contribution in [3.8, 4) is 0 Å². The van der Waals surface area contributed by atoms with E-state index in [0.29, 0.717) is 18.7 Å². The second kappa shape index (κ2) is 7.47. The summed E-state index contributed by atoms with van der Waals surface area (Å²) in [5.41, 5.74) is 0.350. The summed E-state index contributed by atoms with van der Waals surface area (Å²) in [4.78, 5) is 13.4.